The molecule has 1 fully saturated rings. The van der Waals surface area contributed by atoms with Gasteiger partial charge in [-0.1, -0.05) is 27.2 Å². The van der Waals surface area contributed by atoms with Crippen molar-refractivity contribution in [2.24, 2.45) is 17.8 Å². The average molecular weight is 304 g/mol. The van der Waals surface area contributed by atoms with Crippen LogP contribution in [-0.2, 0) is 4.74 Å². The highest BCUT2D eigenvalue weighted by Gasteiger charge is 2.32. The maximum Gasteiger partial charge on any atom is 0.404 e. The zero-order chi connectivity index (χ0) is 13.4. The molecule has 0 radical (unpaired) electrons. The van der Waals surface area contributed by atoms with Crippen LogP contribution in [0, 0.1) is 17.8 Å². The zero-order valence-corrected chi connectivity index (χ0v) is 12.9. The van der Waals surface area contributed by atoms with Gasteiger partial charge in [-0.3, -0.25) is 0 Å². The summed E-state index contributed by atoms with van der Waals surface area (Å²) in [5, 5.41) is 0.194. The van der Waals surface area contributed by atoms with E-state index in [-0.39, 0.29) is 11.4 Å². The molecule has 102 valence electrons. The van der Waals surface area contributed by atoms with Crippen LogP contribution in [0.1, 0.15) is 40.0 Å². The number of ether oxygens (including phenoxy) is 1. The third kappa shape index (κ3) is 7.38. The van der Waals surface area contributed by atoms with E-state index in [0.29, 0.717) is 17.8 Å². The molecule has 0 aromatic rings. The van der Waals surface area contributed by atoms with E-state index in [4.69, 9.17) is 39.5 Å². The van der Waals surface area contributed by atoms with Crippen LogP contribution < -0.4 is 0 Å². The third-order valence-corrected chi connectivity index (χ3v) is 3.29. The van der Waals surface area contributed by atoms with Crippen LogP contribution in [0.4, 0.5) is 4.79 Å². The van der Waals surface area contributed by atoms with Crippen LogP contribution in [0.15, 0.2) is 0 Å². The lowest BCUT2D eigenvalue weighted by Gasteiger charge is -2.36. The molecule has 3 unspecified atom stereocenters. The summed E-state index contributed by atoms with van der Waals surface area (Å²) >= 11 is 14.8. The van der Waals surface area contributed by atoms with Crippen LogP contribution >= 0.6 is 34.8 Å². The highest BCUT2D eigenvalue weighted by atomic mass is 35.5. The first-order valence-corrected chi connectivity index (χ1v) is 7.35. The molecule has 1 aliphatic carbocycles. The minimum absolute atomic E-state index is 0.0312. The number of carbonyl (C=O) groups excluding carboxylic acids is 1. The third-order valence-electron chi connectivity index (χ3n) is 3.21. The normalized spacial score (nSPS) is 28.3. The molecule has 0 aromatic carbocycles. The second kappa shape index (κ2) is 9.29. The number of rotatable bonds is 2. The lowest BCUT2D eigenvalue weighted by molar-refractivity contribution is 0.0179. The smallest absolute Gasteiger partial charge is 0.404 e. The van der Waals surface area contributed by atoms with Gasteiger partial charge in [0.15, 0.2) is 0 Å². The van der Waals surface area contributed by atoms with Gasteiger partial charge in [0.25, 0.3) is 0 Å². The predicted molar refractivity (Wildman–Crippen MR) is 74.0 cm³/mol. The topological polar surface area (TPSA) is 26.3 Å². The van der Waals surface area contributed by atoms with Gasteiger partial charge in [-0.05, 0) is 30.6 Å². The van der Waals surface area contributed by atoms with Crippen LogP contribution in [0.5, 0.6) is 0 Å². The molecule has 3 atom stereocenters. The Morgan fingerprint density at radius 1 is 1.35 bits per heavy atom. The van der Waals surface area contributed by atoms with Crippen LogP contribution in [0.2, 0.25) is 0 Å². The predicted octanol–water partition coefficient (Wildman–Crippen LogP) is 5.24. The van der Waals surface area contributed by atoms with Crippen LogP contribution in [0.25, 0.3) is 0 Å². The first-order chi connectivity index (χ1) is 7.92. The molecule has 0 N–H and O–H groups in total. The highest BCUT2D eigenvalue weighted by Crippen LogP contribution is 2.35. The average Bonchev–Trinajstić information content (AvgIpc) is 2.17. The number of carbonyl (C=O) groups is 1. The van der Waals surface area contributed by atoms with E-state index in [1.54, 1.807) is 0 Å². The Bertz CT molecular complexity index is 222. The molecule has 1 saturated carbocycles. The SMILES string of the molecule is CC1CCC(C(C)C)C(OC(=O)Cl)C1.ClCCl. The van der Waals surface area contributed by atoms with Crippen molar-refractivity contribution < 1.29 is 9.53 Å². The standard InChI is InChI=1S/C11H19ClO2.CH2Cl2/c1-7(2)9-5-4-8(3)6-10(9)14-11(12)13;2-1-3/h7-10H,4-6H2,1-3H3;1H2. The quantitative estimate of drug-likeness (QED) is 0.515. The van der Waals surface area contributed by atoms with Gasteiger partial charge in [0.1, 0.15) is 6.10 Å². The fraction of sp³-hybridized carbons (Fsp3) is 0.917. The second-order valence-electron chi connectivity index (χ2n) is 4.82. The summed E-state index contributed by atoms with van der Waals surface area (Å²) in [6.07, 6.45) is 3.37. The molecular formula is C12H21Cl3O2. The molecule has 0 aromatic heterocycles. The molecule has 0 aliphatic heterocycles. The fourth-order valence-corrected chi connectivity index (χ4v) is 2.48. The summed E-state index contributed by atoms with van der Waals surface area (Å²) in [6.45, 7) is 6.55. The summed E-state index contributed by atoms with van der Waals surface area (Å²) in [4.78, 5) is 10.7. The van der Waals surface area contributed by atoms with Crippen molar-refractivity contribution in [2.75, 3.05) is 5.34 Å². The minimum atomic E-state index is -0.658. The van der Waals surface area contributed by atoms with Crippen molar-refractivity contribution in [1.82, 2.24) is 0 Å². The number of halogens is 3. The summed E-state index contributed by atoms with van der Waals surface area (Å²) in [7, 11) is 0. The molecule has 1 aliphatic rings. The van der Waals surface area contributed by atoms with Crippen molar-refractivity contribution in [2.45, 2.75) is 46.1 Å². The van der Waals surface area contributed by atoms with Gasteiger partial charge < -0.3 is 4.74 Å². The van der Waals surface area contributed by atoms with Crippen LogP contribution in [0.3, 0.4) is 0 Å². The van der Waals surface area contributed by atoms with E-state index < -0.39 is 5.43 Å². The summed E-state index contributed by atoms with van der Waals surface area (Å²) in [5.74, 6) is 1.68. The minimum Gasteiger partial charge on any atom is -0.450 e. The Kier molecular flexibility index (Phi) is 9.48. The Morgan fingerprint density at radius 2 is 1.88 bits per heavy atom. The van der Waals surface area contributed by atoms with E-state index >= 15 is 0 Å². The van der Waals surface area contributed by atoms with E-state index in [2.05, 4.69) is 20.8 Å². The maximum atomic E-state index is 10.7. The molecule has 5 heteroatoms. The molecule has 2 nitrogen and oxygen atoms in total. The van der Waals surface area contributed by atoms with E-state index in [1.807, 2.05) is 0 Å². The largest absolute Gasteiger partial charge is 0.450 e. The van der Waals surface area contributed by atoms with Crippen molar-refractivity contribution >= 4 is 40.2 Å². The Balaban J connectivity index is 0.000000770. The Hall–Kier alpha value is 0.340. The van der Waals surface area contributed by atoms with Gasteiger partial charge >= 0.3 is 5.43 Å². The summed E-state index contributed by atoms with van der Waals surface area (Å²) in [5.41, 5.74) is -0.658. The van der Waals surface area contributed by atoms with Gasteiger partial charge in [-0.2, -0.15) is 0 Å². The monoisotopic (exact) mass is 302 g/mol. The lowest BCUT2D eigenvalue weighted by atomic mass is 9.75. The Morgan fingerprint density at radius 3 is 2.29 bits per heavy atom. The van der Waals surface area contributed by atoms with E-state index in [0.717, 1.165) is 12.8 Å². The molecule has 17 heavy (non-hydrogen) atoms. The van der Waals surface area contributed by atoms with Crippen LogP contribution in [-0.4, -0.2) is 16.9 Å². The first kappa shape index (κ1) is 17.3. The molecule has 1 rings (SSSR count). The van der Waals surface area contributed by atoms with Gasteiger partial charge in [-0.25, -0.2) is 4.79 Å². The van der Waals surface area contributed by atoms with Crippen molar-refractivity contribution in [3.8, 4) is 0 Å². The Labute approximate surface area is 119 Å². The van der Waals surface area contributed by atoms with E-state index in [1.165, 1.54) is 6.42 Å². The molecule has 0 amide bonds. The van der Waals surface area contributed by atoms with Gasteiger partial charge in [0.05, 0.1) is 5.34 Å². The highest BCUT2D eigenvalue weighted by molar-refractivity contribution is 6.61. The maximum absolute atomic E-state index is 10.7. The van der Waals surface area contributed by atoms with Crippen molar-refractivity contribution in [1.29, 1.82) is 0 Å². The molecule has 0 heterocycles. The van der Waals surface area contributed by atoms with Crippen molar-refractivity contribution in [3.63, 3.8) is 0 Å². The molecule has 0 saturated heterocycles. The first-order valence-electron chi connectivity index (χ1n) is 5.90. The van der Waals surface area contributed by atoms with Gasteiger partial charge in [-0.15, -0.1) is 23.2 Å². The van der Waals surface area contributed by atoms with E-state index in [9.17, 15) is 4.79 Å². The summed E-state index contributed by atoms with van der Waals surface area (Å²) < 4.78 is 5.16. The molecule has 0 bridgehead atoms. The van der Waals surface area contributed by atoms with Gasteiger partial charge in [0, 0.05) is 11.6 Å². The van der Waals surface area contributed by atoms with Gasteiger partial charge in [0.2, 0.25) is 0 Å². The number of hydrogen-bond donors (Lipinski definition) is 0. The fourth-order valence-electron chi connectivity index (χ4n) is 2.37. The molecule has 0 spiro atoms. The number of hydrogen-bond acceptors (Lipinski definition) is 2. The number of alkyl halides is 2. The molecular weight excluding hydrogens is 282 g/mol. The second-order valence-corrected chi connectivity index (χ2v) is 5.94. The zero-order valence-electron chi connectivity index (χ0n) is 10.6. The lowest BCUT2D eigenvalue weighted by Crippen LogP contribution is -2.34. The summed E-state index contributed by atoms with van der Waals surface area (Å²) in [6, 6.07) is 0. The van der Waals surface area contributed by atoms with Crippen molar-refractivity contribution in [3.05, 3.63) is 0 Å².